The van der Waals surface area contributed by atoms with Crippen molar-refractivity contribution in [1.82, 2.24) is 9.78 Å². The molecule has 0 N–H and O–H groups in total. The molecule has 0 amide bonds. The maximum Gasteiger partial charge on any atom is 0.135 e. The standard InChI is InChI=1S/C14H17BrN2O2/c1-14(3-5-19-6-4-14)17-9-10-7-11(15)13(18-2)8-12(10)16-17/h7-9H,3-6H2,1-2H3. The van der Waals surface area contributed by atoms with Crippen molar-refractivity contribution in [2.24, 2.45) is 0 Å². The third-order valence-corrected chi connectivity index (χ3v) is 4.52. The van der Waals surface area contributed by atoms with Gasteiger partial charge in [-0.05, 0) is 41.8 Å². The molecule has 2 aromatic rings. The van der Waals surface area contributed by atoms with Crippen LogP contribution in [0.5, 0.6) is 5.75 Å². The van der Waals surface area contributed by atoms with Crippen LogP contribution in [0.4, 0.5) is 0 Å². The summed E-state index contributed by atoms with van der Waals surface area (Å²) in [6.45, 7) is 3.85. The van der Waals surface area contributed by atoms with Gasteiger partial charge in [0.05, 0.1) is 22.6 Å². The van der Waals surface area contributed by atoms with Crippen LogP contribution in [0, 0.1) is 0 Å². The highest BCUT2D eigenvalue weighted by atomic mass is 79.9. The number of nitrogens with zero attached hydrogens (tertiary/aromatic N) is 2. The molecule has 5 heteroatoms. The zero-order valence-electron chi connectivity index (χ0n) is 11.1. The molecule has 1 saturated heterocycles. The molecule has 1 aromatic carbocycles. The predicted molar refractivity (Wildman–Crippen MR) is 77.7 cm³/mol. The number of hydrogen-bond acceptors (Lipinski definition) is 3. The minimum Gasteiger partial charge on any atom is -0.495 e. The van der Waals surface area contributed by atoms with Crippen LogP contribution in [0.3, 0.4) is 0 Å². The Hall–Kier alpha value is -1.07. The van der Waals surface area contributed by atoms with Gasteiger partial charge in [0, 0.05) is 30.9 Å². The van der Waals surface area contributed by atoms with Crippen LogP contribution in [0.2, 0.25) is 0 Å². The molecule has 1 fully saturated rings. The first-order chi connectivity index (χ1) is 9.12. The van der Waals surface area contributed by atoms with E-state index in [0.717, 1.165) is 47.2 Å². The summed E-state index contributed by atoms with van der Waals surface area (Å²) < 4.78 is 13.8. The number of benzene rings is 1. The van der Waals surface area contributed by atoms with Gasteiger partial charge in [-0.15, -0.1) is 0 Å². The first-order valence-corrected chi connectivity index (χ1v) is 7.23. The predicted octanol–water partition coefficient (Wildman–Crippen LogP) is 3.33. The summed E-state index contributed by atoms with van der Waals surface area (Å²) in [6, 6.07) is 4.03. The highest BCUT2D eigenvalue weighted by molar-refractivity contribution is 9.10. The van der Waals surface area contributed by atoms with E-state index >= 15 is 0 Å². The molecule has 0 bridgehead atoms. The van der Waals surface area contributed by atoms with Crippen molar-refractivity contribution in [3.05, 3.63) is 22.8 Å². The second kappa shape index (κ2) is 4.80. The largest absolute Gasteiger partial charge is 0.495 e. The summed E-state index contributed by atoms with van der Waals surface area (Å²) in [5, 5.41) is 5.84. The fourth-order valence-electron chi connectivity index (χ4n) is 2.50. The molecule has 1 aromatic heterocycles. The Kier molecular flexibility index (Phi) is 3.27. The fourth-order valence-corrected chi connectivity index (χ4v) is 3.02. The minimum absolute atomic E-state index is 0.0526. The lowest BCUT2D eigenvalue weighted by Gasteiger charge is -2.33. The lowest BCUT2D eigenvalue weighted by atomic mass is 9.93. The molecule has 4 nitrogen and oxygen atoms in total. The molecule has 19 heavy (non-hydrogen) atoms. The van der Waals surface area contributed by atoms with Gasteiger partial charge in [-0.25, -0.2) is 0 Å². The topological polar surface area (TPSA) is 36.3 Å². The maximum absolute atomic E-state index is 5.45. The molecule has 0 atom stereocenters. The normalized spacial score (nSPS) is 18.7. The number of fused-ring (bicyclic) bond motifs is 1. The fraction of sp³-hybridized carbons (Fsp3) is 0.500. The van der Waals surface area contributed by atoms with Gasteiger partial charge in [0.25, 0.3) is 0 Å². The molecule has 2 heterocycles. The molecule has 0 saturated carbocycles. The summed E-state index contributed by atoms with van der Waals surface area (Å²) in [6.07, 6.45) is 4.11. The average molecular weight is 325 g/mol. The Bertz CT molecular complexity index is 603. The number of rotatable bonds is 2. The minimum atomic E-state index is 0.0526. The molecular formula is C14H17BrN2O2. The first-order valence-electron chi connectivity index (χ1n) is 6.43. The van der Waals surface area contributed by atoms with Crippen LogP contribution >= 0.6 is 15.9 Å². The lowest BCUT2D eigenvalue weighted by molar-refractivity contribution is 0.0244. The quantitative estimate of drug-likeness (QED) is 0.850. The summed E-state index contributed by atoms with van der Waals surface area (Å²) in [5.74, 6) is 0.815. The molecule has 0 radical (unpaired) electrons. The van der Waals surface area contributed by atoms with Gasteiger partial charge in [0.15, 0.2) is 0 Å². The van der Waals surface area contributed by atoms with Crippen molar-refractivity contribution in [3.63, 3.8) is 0 Å². The highest BCUT2D eigenvalue weighted by Crippen LogP contribution is 2.33. The molecule has 1 aliphatic heterocycles. The van der Waals surface area contributed by atoms with E-state index in [4.69, 9.17) is 14.6 Å². The third-order valence-electron chi connectivity index (χ3n) is 3.90. The number of halogens is 1. The third kappa shape index (κ3) is 2.25. The summed E-state index contributed by atoms with van der Waals surface area (Å²) in [5.41, 5.74) is 1.02. The van der Waals surface area contributed by atoms with E-state index < -0.39 is 0 Å². The van der Waals surface area contributed by atoms with Crippen LogP contribution in [-0.4, -0.2) is 30.1 Å². The Morgan fingerprint density at radius 2 is 2.11 bits per heavy atom. The molecule has 0 aliphatic carbocycles. The molecule has 0 unspecified atom stereocenters. The second-order valence-corrected chi connectivity index (χ2v) is 6.08. The van der Waals surface area contributed by atoms with Crippen LogP contribution < -0.4 is 4.74 Å². The van der Waals surface area contributed by atoms with Gasteiger partial charge < -0.3 is 9.47 Å². The summed E-state index contributed by atoms with van der Waals surface area (Å²) >= 11 is 3.51. The molecule has 0 spiro atoms. The zero-order valence-corrected chi connectivity index (χ0v) is 12.7. The summed E-state index contributed by atoms with van der Waals surface area (Å²) in [7, 11) is 1.67. The van der Waals surface area contributed by atoms with Gasteiger partial charge in [0.2, 0.25) is 0 Å². The average Bonchev–Trinajstić information content (AvgIpc) is 2.82. The van der Waals surface area contributed by atoms with Crippen LogP contribution in [-0.2, 0) is 10.3 Å². The van der Waals surface area contributed by atoms with Crippen molar-refractivity contribution >= 4 is 26.8 Å². The van der Waals surface area contributed by atoms with E-state index in [9.17, 15) is 0 Å². The van der Waals surface area contributed by atoms with E-state index in [-0.39, 0.29) is 5.54 Å². The zero-order chi connectivity index (χ0) is 13.5. The Labute approximate surface area is 120 Å². The monoisotopic (exact) mass is 324 g/mol. The van der Waals surface area contributed by atoms with Crippen LogP contribution in [0.1, 0.15) is 19.8 Å². The van der Waals surface area contributed by atoms with Gasteiger partial charge in [-0.3, -0.25) is 4.68 Å². The SMILES string of the molecule is COc1cc2nn(C3(C)CCOCC3)cc2cc1Br. The van der Waals surface area contributed by atoms with E-state index in [1.807, 2.05) is 6.07 Å². The highest BCUT2D eigenvalue weighted by Gasteiger charge is 2.30. The van der Waals surface area contributed by atoms with Gasteiger partial charge in [-0.1, -0.05) is 0 Å². The number of aromatic nitrogens is 2. The Balaban J connectivity index is 2.06. The van der Waals surface area contributed by atoms with E-state index in [0.29, 0.717) is 0 Å². The molecule has 3 rings (SSSR count). The molecule has 102 valence electrons. The van der Waals surface area contributed by atoms with E-state index in [2.05, 4.69) is 39.8 Å². The molecular weight excluding hydrogens is 308 g/mol. The van der Waals surface area contributed by atoms with Crippen LogP contribution in [0.15, 0.2) is 22.8 Å². The van der Waals surface area contributed by atoms with E-state index in [1.165, 1.54) is 0 Å². The Morgan fingerprint density at radius 1 is 1.37 bits per heavy atom. The van der Waals surface area contributed by atoms with Crippen molar-refractivity contribution < 1.29 is 9.47 Å². The van der Waals surface area contributed by atoms with Gasteiger partial charge >= 0.3 is 0 Å². The van der Waals surface area contributed by atoms with Gasteiger partial charge in [-0.2, -0.15) is 5.10 Å². The maximum atomic E-state index is 5.45. The van der Waals surface area contributed by atoms with Crippen molar-refractivity contribution in [3.8, 4) is 5.75 Å². The van der Waals surface area contributed by atoms with Crippen molar-refractivity contribution in [2.45, 2.75) is 25.3 Å². The van der Waals surface area contributed by atoms with Crippen molar-refractivity contribution in [1.29, 1.82) is 0 Å². The summed E-state index contributed by atoms with van der Waals surface area (Å²) in [4.78, 5) is 0. The number of hydrogen-bond donors (Lipinski definition) is 0. The second-order valence-electron chi connectivity index (χ2n) is 5.23. The number of methoxy groups -OCH3 is 1. The smallest absolute Gasteiger partial charge is 0.135 e. The van der Waals surface area contributed by atoms with Crippen molar-refractivity contribution in [2.75, 3.05) is 20.3 Å². The van der Waals surface area contributed by atoms with Gasteiger partial charge in [0.1, 0.15) is 5.75 Å². The van der Waals surface area contributed by atoms with Crippen LogP contribution in [0.25, 0.3) is 10.9 Å². The first kappa shape index (κ1) is 12.9. The van der Waals surface area contributed by atoms with E-state index in [1.54, 1.807) is 7.11 Å². The lowest BCUT2D eigenvalue weighted by Crippen LogP contribution is -2.36. The Morgan fingerprint density at radius 3 is 2.79 bits per heavy atom. The molecule has 1 aliphatic rings. The number of ether oxygens (including phenoxy) is 2.